The zero-order valence-electron chi connectivity index (χ0n) is 14.1. The first-order valence-electron chi connectivity index (χ1n) is 7.92. The Morgan fingerprint density at radius 1 is 0.923 bits per heavy atom. The highest BCUT2D eigenvalue weighted by Crippen LogP contribution is 2.15. The standard InChI is InChI=1S/C19H17N5O2/c1-24-18(25)16(20-12-14-8-4-2-5-9-14)17(22-19(24)26)23-21-13-15-10-6-3-7-11-15/h2-13,23H,1H3,(H,22,26). The van der Waals surface area contributed by atoms with E-state index in [1.807, 2.05) is 60.7 Å². The molecule has 1 heterocycles. The van der Waals surface area contributed by atoms with E-state index in [1.165, 1.54) is 7.05 Å². The largest absolute Gasteiger partial charge is 0.329 e. The Labute approximate surface area is 149 Å². The molecular formula is C19H17N5O2. The van der Waals surface area contributed by atoms with Crippen LogP contribution in [0.25, 0.3) is 0 Å². The van der Waals surface area contributed by atoms with E-state index in [9.17, 15) is 9.59 Å². The number of rotatable bonds is 5. The number of H-pyrrole nitrogens is 1. The molecule has 0 unspecified atom stereocenters. The molecule has 7 heteroatoms. The maximum atomic E-state index is 12.4. The van der Waals surface area contributed by atoms with E-state index < -0.39 is 11.2 Å². The molecule has 0 spiro atoms. The first-order valence-corrected chi connectivity index (χ1v) is 7.92. The molecule has 0 aliphatic carbocycles. The van der Waals surface area contributed by atoms with Crippen LogP contribution < -0.4 is 16.7 Å². The Bertz CT molecular complexity index is 1050. The van der Waals surface area contributed by atoms with Crippen molar-refractivity contribution in [2.45, 2.75) is 0 Å². The van der Waals surface area contributed by atoms with Gasteiger partial charge in [0.15, 0.2) is 11.5 Å². The van der Waals surface area contributed by atoms with Gasteiger partial charge in [0.25, 0.3) is 5.56 Å². The molecule has 2 aromatic carbocycles. The molecular weight excluding hydrogens is 330 g/mol. The summed E-state index contributed by atoms with van der Waals surface area (Å²) in [6.45, 7) is 0. The molecule has 0 fully saturated rings. The fourth-order valence-corrected chi connectivity index (χ4v) is 2.20. The number of aromatic nitrogens is 2. The number of nitrogens with zero attached hydrogens (tertiary/aromatic N) is 3. The Hall–Kier alpha value is -3.74. The van der Waals surface area contributed by atoms with Crippen LogP contribution in [-0.2, 0) is 7.05 Å². The monoisotopic (exact) mass is 347 g/mol. The van der Waals surface area contributed by atoms with Gasteiger partial charge in [0, 0.05) is 13.3 Å². The van der Waals surface area contributed by atoms with Crippen molar-refractivity contribution in [1.29, 1.82) is 0 Å². The molecule has 0 aliphatic rings. The summed E-state index contributed by atoms with van der Waals surface area (Å²) in [6, 6.07) is 18.8. The number of nitrogens with one attached hydrogen (secondary N) is 2. The summed E-state index contributed by atoms with van der Waals surface area (Å²) in [4.78, 5) is 31.1. The third-order valence-electron chi connectivity index (χ3n) is 3.61. The van der Waals surface area contributed by atoms with Crippen molar-refractivity contribution in [3.63, 3.8) is 0 Å². The Morgan fingerprint density at radius 2 is 1.50 bits per heavy atom. The lowest BCUT2D eigenvalue weighted by Gasteiger charge is -2.06. The Morgan fingerprint density at radius 3 is 2.12 bits per heavy atom. The minimum Gasteiger partial charge on any atom is -0.290 e. The van der Waals surface area contributed by atoms with Crippen LogP contribution in [0.3, 0.4) is 0 Å². The molecule has 3 aromatic rings. The van der Waals surface area contributed by atoms with E-state index in [-0.39, 0.29) is 11.5 Å². The minimum absolute atomic E-state index is 0.0705. The van der Waals surface area contributed by atoms with Crippen molar-refractivity contribution in [2.75, 3.05) is 5.43 Å². The lowest BCUT2D eigenvalue weighted by Crippen LogP contribution is -2.33. The Kier molecular flexibility index (Phi) is 5.19. The SMILES string of the molecule is Cn1c(=O)[nH]c(NN=Cc2ccccc2)c(N=Cc2ccccc2)c1=O. The van der Waals surface area contributed by atoms with Gasteiger partial charge >= 0.3 is 5.69 Å². The van der Waals surface area contributed by atoms with Crippen molar-refractivity contribution in [3.8, 4) is 0 Å². The molecule has 2 N–H and O–H groups in total. The normalized spacial score (nSPS) is 11.3. The summed E-state index contributed by atoms with van der Waals surface area (Å²) >= 11 is 0. The summed E-state index contributed by atoms with van der Waals surface area (Å²) < 4.78 is 0.962. The number of anilines is 1. The van der Waals surface area contributed by atoms with Gasteiger partial charge in [-0.15, -0.1) is 0 Å². The first kappa shape index (κ1) is 17.1. The van der Waals surface area contributed by atoms with Gasteiger partial charge in [-0.05, 0) is 11.1 Å². The molecule has 0 amide bonds. The summed E-state index contributed by atoms with van der Waals surface area (Å²) in [7, 11) is 1.39. The van der Waals surface area contributed by atoms with E-state index in [0.29, 0.717) is 0 Å². The molecule has 1 aromatic heterocycles. The summed E-state index contributed by atoms with van der Waals surface area (Å²) in [5, 5.41) is 4.07. The summed E-state index contributed by atoms with van der Waals surface area (Å²) in [5.41, 5.74) is 3.41. The van der Waals surface area contributed by atoms with Gasteiger partial charge in [0.05, 0.1) is 6.21 Å². The molecule has 0 saturated heterocycles. The van der Waals surface area contributed by atoms with Gasteiger partial charge in [0.2, 0.25) is 0 Å². The highest BCUT2D eigenvalue weighted by Gasteiger charge is 2.10. The quantitative estimate of drug-likeness (QED) is 0.548. The fraction of sp³-hybridized carbons (Fsp3) is 0.0526. The zero-order chi connectivity index (χ0) is 18.4. The van der Waals surface area contributed by atoms with Crippen LogP contribution in [0.5, 0.6) is 0 Å². The molecule has 0 bridgehead atoms. The third-order valence-corrected chi connectivity index (χ3v) is 3.61. The van der Waals surface area contributed by atoms with Gasteiger partial charge in [-0.1, -0.05) is 60.7 Å². The summed E-state index contributed by atoms with van der Waals surface area (Å²) in [6.07, 6.45) is 3.14. The lowest BCUT2D eigenvalue weighted by molar-refractivity contribution is 0.778. The predicted octanol–water partition coefficient (Wildman–Crippen LogP) is 2.27. The van der Waals surface area contributed by atoms with Crippen LogP contribution in [0.15, 0.2) is 80.3 Å². The van der Waals surface area contributed by atoms with E-state index in [1.54, 1.807) is 12.4 Å². The maximum Gasteiger partial charge on any atom is 0.329 e. The van der Waals surface area contributed by atoms with Crippen molar-refractivity contribution >= 4 is 23.9 Å². The van der Waals surface area contributed by atoms with Crippen LogP contribution in [0, 0.1) is 0 Å². The number of hydrogen-bond donors (Lipinski definition) is 2. The van der Waals surface area contributed by atoms with Gasteiger partial charge in [0.1, 0.15) is 0 Å². The topological polar surface area (TPSA) is 91.6 Å². The number of benzene rings is 2. The number of hydrogen-bond acceptors (Lipinski definition) is 5. The first-order chi connectivity index (χ1) is 12.6. The smallest absolute Gasteiger partial charge is 0.290 e. The molecule has 26 heavy (non-hydrogen) atoms. The van der Waals surface area contributed by atoms with Crippen molar-refractivity contribution in [2.24, 2.45) is 17.1 Å². The number of aliphatic imine (C=N–C) groups is 1. The van der Waals surface area contributed by atoms with Gasteiger partial charge < -0.3 is 0 Å². The molecule has 0 aliphatic heterocycles. The number of hydrazone groups is 1. The summed E-state index contributed by atoms with van der Waals surface area (Å²) in [5.74, 6) is 0.137. The van der Waals surface area contributed by atoms with Crippen LogP contribution in [0.2, 0.25) is 0 Å². The van der Waals surface area contributed by atoms with E-state index in [2.05, 4.69) is 20.5 Å². The Balaban J connectivity index is 1.93. The maximum absolute atomic E-state index is 12.4. The molecule has 0 atom stereocenters. The predicted molar refractivity (Wildman–Crippen MR) is 104 cm³/mol. The second-order valence-corrected chi connectivity index (χ2v) is 5.47. The van der Waals surface area contributed by atoms with E-state index in [4.69, 9.17) is 0 Å². The van der Waals surface area contributed by atoms with Gasteiger partial charge in [-0.3, -0.25) is 19.8 Å². The van der Waals surface area contributed by atoms with Crippen molar-refractivity contribution in [3.05, 3.63) is 92.6 Å². The van der Waals surface area contributed by atoms with Crippen LogP contribution >= 0.6 is 0 Å². The third kappa shape index (κ3) is 4.02. The van der Waals surface area contributed by atoms with Crippen molar-refractivity contribution < 1.29 is 0 Å². The second-order valence-electron chi connectivity index (χ2n) is 5.47. The lowest BCUT2D eigenvalue weighted by atomic mass is 10.2. The second kappa shape index (κ2) is 7.89. The molecule has 0 saturated carbocycles. The highest BCUT2D eigenvalue weighted by atomic mass is 16.2. The zero-order valence-corrected chi connectivity index (χ0v) is 14.1. The van der Waals surface area contributed by atoms with Gasteiger partial charge in [-0.25, -0.2) is 9.79 Å². The van der Waals surface area contributed by atoms with Gasteiger partial charge in [-0.2, -0.15) is 5.10 Å². The van der Waals surface area contributed by atoms with Crippen molar-refractivity contribution in [1.82, 2.24) is 9.55 Å². The highest BCUT2D eigenvalue weighted by molar-refractivity contribution is 5.84. The van der Waals surface area contributed by atoms with E-state index in [0.717, 1.165) is 15.7 Å². The van der Waals surface area contributed by atoms with Crippen LogP contribution in [-0.4, -0.2) is 22.0 Å². The minimum atomic E-state index is -0.550. The van der Waals surface area contributed by atoms with E-state index >= 15 is 0 Å². The number of aromatic amines is 1. The molecule has 130 valence electrons. The van der Waals surface area contributed by atoms with Crippen LogP contribution in [0.4, 0.5) is 11.5 Å². The average molecular weight is 347 g/mol. The molecule has 7 nitrogen and oxygen atoms in total. The fourth-order valence-electron chi connectivity index (χ4n) is 2.20. The molecule has 3 rings (SSSR count). The molecule has 0 radical (unpaired) electrons. The average Bonchev–Trinajstić information content (AvgIpc) is 2.67. The van der Waals surface area contributed by atoms with Crippen LogP contribution in [0.1, 0.15) is 11.1 Å².